The Morgan fingerprint density at radius 1 is 0.287 bits per heavy atom. The summed E-state index contributed by atoms with van der Waals surface area (Å²) in [4.78, 5) is 73.0. The molecule has 0 aromatic rings. The van der Waals surface area contributed by atoms with Crippen molar-refractivity contribution in [1.29, 1.82) is 0 Å². The molecule has 0 aliphatic heterocycles. The van der Waals surface area contributed by atoms with E-state index in [1.807, 2.05) is 0 Å². The fourth-order valence-corrected chi connectivity index (χ4v) is 14.2. The SMILES string of the molecule is CCCCCCCCCCCCCCC(=O)OC[C@H](COP(=O)(O)OC[C@H](O)COP(=O)(O)OC[C@@H](COC(=O)CCCCCCCCCCCCCCC(C)C)OC(=O)CCCCCCCCCCCCCCCCCCCCC(C)CC)OC(=O)CCCCCCCCCCC(C)CC. The van der Waals surface area contributed by atoms with Crippen molar-refractivity contribution in [3.05, 3.63) is 0 Å². The van der Waals surface area contributed by atoms with Gasteiger partial charge in [0.15, 0.2) is 12.2 Å². The number of carbonyl (C=O) groups is 4. The van der Waals surface area contributed by atoms with Crippen molar-refractivity contribution in [2.75, 3.05) is 39.6 Å². The predicted octanol–water partition coefficient (Wildman–Crippen LogP) is 24.5. The van der Waals surface area contributed by atoms with Crippen LogP contribution in [0.25, 0.3) is 0 Å². The number of aliphatic hydroxyl groups excluding tert-OH is 1. The highest BCUT2D eigenvalue weighted by molar-refractivity contribution is 7.47. The van der Waals surface area contributed by atoms with Gasteiger partial charge in [-0.1, -0.05) is 376 Å². The van der Waals surface area contributed by atoms with Crippen molar-refractivity contribution in [2.24, 2.45) is 17.8 Å². The van der Waals surface area contributed by atoms with Crippen LogP contribution < -0.4 is 0 Å². The van der Waals surface area contributed by atoms with Crippen LogP contribution in [0.3, 0.4) is 0 Å². The molecule has 0 radical (unpaired) electrons. The van der Waals surface area contributed by atoms with Gasteiger partial charge in [-0.25, -0.2) is 9.13 Å². The molecule has 0 rings (SSSR count). The third kappa shape index (κ3) is 73.4. The fraction of sp³-hybridized carbons (Fsp3) is 0.951. The minimum absolute atomic E-state index is 0.105. The van der Waals surface area contributed by atoms with E-state index in [1.165, 1.54) is 238 Å². The van der Waals surface area contributed by atoms with Crippen molar-refractivity contribution in [1.82, 2.24) is 0 Å². The summed E-state index contributed by atoms with van der Waals surface area (Å²) in [6.45, 7) is 12.0. The Hall–Kier alpha value is -1.94. The Morgan fingerprint density at radius 2 is 0.505 bits per heavy atom. The van der Waals surface area contributed by atoms with Crippen LogP contribution in [-0.4, -0.2) is 96.7 Å². The molecule has 0 bridgehead atoms. The van der Waals surface area contributed by atoms with Crippen LogP contribution in [0, 0.1) is 17.8 Å². The Kier molecular flexibility index (Phi) is 70.9. The molecule has 0 saturated carbocycles. The normalized spacial score (nSPS) is 14.5. The summed E-state index contributed by atoms with van der Waals surface area (Å²) < 4.78 is 68.7. The number of ether oxygens (including phenoxy) is 4. The first-order valence-corrected chi connectivity index (χ1v) is 45.4. The maximum absolute atomic E-state index is 13.1. The molecule has 4 unspecified atom stereocenters. The van der Waals surface area contributed by atoms with E-state index in [2.05, 4.69) is 48.5 Å². The summed E-state index contributed by atoms with van der Waals surface area (Å²) in [5.74, 6) is 0.312. The maximum atomic E-state index is 13.1. The summed E-state index contributed by atoms with van der Waals surface area (Å²) in [6, 6.07) is 0. The van der Waals surface area contributed by atoms with E-state index in [1.54, 1.807) is 0 Å². The van der Waals surface area contributed by atoms with E-state index in [4.69, 9.17) is 37.0 Å². The molecule has 7 atom stereocenters. The van der Waals surface area contributed by atoms with E-state index >= 15 is 0 Å². The van der Waals surface area contributed by atoms with Gasteiger partial charge in [0.25, 0.3) is 0 Å². The van der Waals surface area contributed by atoms with Crippen LogP contribution in [-0.2, 0) is 65.4 Å². The summed E-state index contributed by atoms with van der Waals surface area (Å²) in [7, 11) is -9.92. The molecule has 0 heterocycles. The monoisotopic (exact) mass is 1480 g/mol. The Bertz CT molecular complexity index is 1960. The van der Waals surface area contributed by atoms with Gasteiger partial charge in [0.05, 0.1) is 26.4 Å². The Balaban J connectivity index is 5.23. The van der Waals surface area contributed by atoms with Gasteiger partial charge in [0, 0.05) is 25.7 Å². The van der Waals surface area contributed by atoms with E-state index < -0.39 is 97.5 Å². The standard InChI is InChI=1S/C82H160O17P2/c1-8-11-12-13-14-15-16-29-34-42-49-56-63-79(84)93-70-78(99-82(87)66-59-52-45-38-37-41-48-55-62-75(7)10-3)72-97-101(90,91)95-68-76(83)67-94-100(88,89)96-71-77(69-92-80(85)64-57-50-43-35-30-26-25-27-32-39-46-53-60-73(4)5)98-81(86)65-58-51-44-36-31-24-22-20-18-17-19-21-23-28-33-40-47-54-61-74(6)9-2/h73-78,83H,8-72H2,1-7H3,(H,88,89)(H,90,91)/t74?,75?,76-,77-,78-/m1/s1. The van der Waals surface area contributed by atoms with Gasteiger partial charge in [-0.05, 0) is 43.4 Å². The largest absolute Gasteiger partial charge is 0.472 e. The van der Waals surface area contributed by atoms with Gasteiger partial charge in [-0.15, -0.1) is 0 Å². The first kappa shape index (κ1) is 99.1. The molecule has 0 aromatic heterocycles. The third-order valence-corrected chi connectivity index (χ3v) is 21.8. The van der Waals surface area contributed by atoms with E-state index in [9.17, 15) is 43.2 Å². The zero-order valence-corrected chi connectivity index (χ0v) is 68.2. The lowest BCUT2D eigenvalue weighted by atomic mass is 9.99. The average molecular weight is 1480 g/mol. The lowest BCUT2D eigenvalue weighted by molar-refractivity contribution is -0.161. The second kappa shape index (κ2) is 72.3. The fourth-order valence-electron chi connectivity index (χ4n) is 12.6. The number of phosphoric ester groups is 2. The topological polar surface area (TPSA) is 237 Å². The zero-order valence-electron chi connectivity index (χ0n) is 66.4. The van der Waals surface area contributed by atoms with Crippen LogP contribution in [0.4, 0.5) is 0 Å². The molecule has 0 aromatic carbocycles. The minimum atomic E-state index is -4.96. The van der Waals surface area contributed by atoms with Gasteiger partial charge >= 0.3 is 39.5 Å². The number of carbonyl (C=O) groups excluding carboxylic acids is 4. The molecule has 3 N–H and O–H groups in total. The van der Waals surface area contributed by atoms with Gasteiger partial charge in [-0.2, -0.15) is 0 Å². The molecule has 0 amide bonds. The predicted molar refractivity (Wildman–Crippen MR) is 414 cm³/mol. The third-order valence-electron chi connectivity index (χ3n) is 19.9. The summed E-state index contributed by atoms with van der Waals surface area (Å²) in [6.07, 6.45) is 60.9. The summed E-state index contributed by atoms with van der Waals surface area (Å²) in [5.41, 5.74) is 0. The maximum Gasteiger partial charge on any atom is 0.472 e. The number of rotatable bonds is 80. The first-order valence-electron chi connectivity index (χ1n) is 42.4. The highest BCUT2D eigenvalue weighted by Gasteiger charge is 2.30. The van der Waals surface area contributed by atoms with Crippen LogP contribution >= 0.6 is 15.6 Å². The highest BCUT2D eigenvalue weighted by atomic mass is 31.2. The molecule has 0 spiro atoms. The molecule has 0 fully saturated rings. The van der Waals surface area contributed by atoms with Crippen molar-refractivity contribution in [3.63, 3.8) is 0 Å². The van der Waals surface area contributed by atoms with Crippen LogP contribution in [0.2, 0.25) is 0 Å². The Morgan fingerprint density at radius 3 is 0.752 bits per heavy atom. The average Bonchev–Trinajstić information content (AvgIpc) is 0.934. The highest BCUT2D eigenvalue weighted by Crippen LogP contribution is 2.45. The zero-order chi connectivity index (χ0) is 74.4. The van der Waals surface area contributed by atoms with Crippen molar-refractivity contribution < 1.29 is 80.2 Å². The first-order chi connectivity index (χ1) is 48.8. The lowest BCUT2D eigenvalue weighted by Gasteiger charge is -2.21. The molecular formula is C82H160O17P2. The molecule has 19 heteroatoms. The van der Waals surface area contributed by atoms with Crippen LogP contribution in [0.1, 0.15) is 427 Å². The number of aliphatic hydroxyl groups is 1. The molecule has 600 valence electrons. The lowest BCUT2D eigenvalue weighted by Crippen LogP contribution is -2.30. The second-order valence-electron chi connectivity index (χ2n) is 30.5. The summed E-state index contributed by atoms with van der Waals surface area (Å²) in [5, 5.41) is 10.6. The number of hydrogen-bond acceptors (Lipinski definition) is 15. The molecular weight excluding hydrogens is 1320 g/mol. The van der Waals surface area contributed by atoms with Crippen LogP contribution in [0.15, 0.2) is 0 Å². The minimum Gasteiger partial charge on any atom is -0.462 e. The van der Waals surface area contributed by atoms with E-state index in [-0.39, 0.29) is 25.7 Å². The molecule has 0 aliphatic carbocycles. The van der Waals surface area contributed by atoms with E-state index in [0.717, 1.165) is 108 Å². The number of unbranched alkanes of at least 4 members (excludes halogenated alkanes) is 46. The van der Waals surface area contributed by atoms with E-state index in [0.29, 0.717) is 25.7 Å². The number of hydrogen-bond donors (Lipinski definition) is 3. The smallest absolute Gasteiger partial charge is 0.462 e. The van der Waals surface area contributed by atoms with Gasteiger partial charge in [-0.3, -0.25) is 37.3 Å². The van der Waals surface area contributed by atoms with Gasteiger partial charge < -0.3 is 33.8 Å². The van der Waals surface area contributed by atoms with Gasteiger partial charge in [0.1, 0.15) is 19.3 Å². The van der Waals surface area contributed by atoms with Crippen molar-refractivity contribution >= 4 is 39.5 Å². The molecule has 0 saturated heterocycles. The molecule has 17 nitrogen and oxygen atoms in total. The van der Waals surface area contributed by atoms with Gasteiger partial charge in [0.2, 0.25) is 0 Å². The quantitative estimate of drug-likeness (QED) is 0.0222. The second-order valence-corrected chi connectivity index (χ2v) is 33.4. The Labute approximate surface area is 619 Å². The summed E-state index contributed by atoms with van der Waals surface area (Å²) >= 11 is 0. The molecule has 101 heavy (non-hydrogen) atoms. The van der Waals surface area contributed by atoms with Crippen molar-refractivity contribution in [2.45, 2.75) is 446 Å². The molecule has 0 aliphatic rings. The number of esters is 4. The number of phosphoric acid groups is 2. The van der Waals surface area contributed by atoms with Crippen LogP contribution in [0.5, 0.6) is 0 Å². The van der Waals surface area contributed by atoms with Crippen molar-refractivity contribution in [3.8, 4) is 0 Å².